The summed E-state index contributed by atoms with van der Waals surface area (Å²) < 4.78 is 48.2. The van der Waals surface area contributed by atoms with Crippen LogP contribution < -0.4 is 4.74 Å². The van der Waals surface area contributed by atoms with Gasteiger partial charge in [0.2, 0.25) is 5.82 Å². The monoisotopic (exact) mass is 360 g/mol. The molecular formula is C22H23F3O. The second-order valence-corrected chi connectivity index (χ2v) is 6.90. The molecule has 0 amide bonds. The molecule has 0 radical (unpaired) electrons. The maximum absolute atomic E-state index is 14.7. The lowest BCUT2D eigenvalue weighted by Crippen LogP contribution is -2.10. The highest BCUT2D eigenvalue weighted by molar-refractivity contribution is 5.66. The number of benzene rings is 2. The molecule has 26 heavy (non-hydrogen) atoms. The number of rotatable bonds is 4. The number of halogens is 3. The predicted molar refractivity (Wildman–Crippen MR) is 97.8 cm³/mol. The Hall–Kier alpha value is -2.23. The van der Waals surface area contributed by atoms with E-state index in [2.05, 4.69) is 19.9 Å². The van der Waals surface area contributed by atoms with Crippen LogP contribution in [-0.4, -0.2) is 6.61 Å². The first kappa shape index (κ1) is 18.6. The van der Waals surface area contributed by atoms with Crippen molar-refractivity contribution in [2.24, 2.45) is 5.92 Å². The Labute approximate surface area is 152 Å². The fourth-order valence-corrected chi connectivity index (χ4v) is 3.48. The van der Waals surface area contributed by atoms with Crippen LogP contribution in [0.1, 0.15) is 45.1 Å². The van der Waals surface area contributed by atoms with Gasteiger partial charge in [0, 0.05) is 11.5 Å². The highest BCUT2D eigenvalue weighted by Crippen LogP contribution is 2.37. The summed E-state index contributed by atoms with van der Waals surface area (Å²) in [5, 5.41) is 0. The zero-order valence-corrected chi connectivity index (χ0v) is 15.3. The smallest absolute Gasteiger partial charge is 0.201 e. The molecule has 0 aromatic heterocycles. The van der Waals surface area contributed by atoms with Gasteiger partial charge in [-0.05, 0) is 61.9 Å². The Morgan fingerprint density at radius 2 is 1.81 bits per heavy atom. The maximum atomic E-state index is 14.7. The quantitative estimate of drug-likeness (QED) is 0.556. The first-order valence-corrected chi connectivity index (χ1v) is 9.01. The third kappa shape index (κ3) is 3.50. The molecule has 2 aromatic carbocycles. The van der Waals surface area contributed by atoms with Gasteiger partial charge >= 0.3 is 0 Å². The molecule has 0 spiro atoms. The standard InChI is InChI=1S/C22H23F3O/c1-4-26-20-10-9-18(21(24)22(20)25)16-7-8-17(19(23)12-16)15-6-5-13(2)14(3)11-15/h7-13,15H,4-6H2,1-3H3. The zero-order valence-electron chi connectivity index (χ0n) is 15.3. The van der Waals surface area contributed by atoms with Crippen LogP contribution in [0.4, 0.5) is 13.2 Å². The van der Waals surface area contributed by atoms with E-state index in [4.69, 9.17) is 4.74 Å². The third-order valence-corrected chi connectivity index (χ3v) is 5.21. The van der Waals surface area contributed by atoms with Crippen molar-refractivity contribution in [3.8, 4) is 16.9 Å². The molecule has 2 unspecified atom stereocenters. The van der Waals surface area contributed by atoms with Crippen molar-refractivity contribution in [1.82, 2.24) is 0 Å². The van der Waals surface area contributed by atoms with E-state index in [-0.39, 0.29) is 29.7 Å². The van der Waals surface area contributed by atoms with E-state index in [0.717, 1.165) is 12.8 Å². The van der Waals surface area contributed by atoms with Crippen LogP contribution in [0.2, 0.25) is 0 Å². The minimum atomic E-state index is -1.05. The molecule has 0 saturated carbocycles. The van der Waals surface area contributed by atoms with E-state index < -0.39 is 11.6 Å². The van der Waals surface area contributed by atoms with Crippen LogP contribution in [-0.2, 0) is 0 Å². The molecule has 0 heterocycles. The summed E-state index contributed by atoms with van der Waals surface area (Å²) in [5.41, 5.74) is 2.21. The Bertz CT molecular complexity index is 842. The topological polar surface area (TPSA) is 9.23 Å². The summed E-state index contributed by atoms with van der Waals surface area (Å²) in [5.74, 6) is -2.04. The summed E-state index contributed by atoms with van der Waals surface area (Å²) in [6.45, 7) is 6.18. The van der Waals surface area contributed by atoms with Crippen LogP contribution in [0.3, 0.4) is 0 Å². The van der Waals surface area contributed by atoms with Crippen molar-refractivity contribution < 1.29 is 17.9 Å². The molecule has 0 N–H and O–H groups in total. The molecule has 3 rings (SSSR count). The third-order valence-electron chi connectivity index (χ3n) is 5.21. The van der Waals surface area contributed by atoms with Crippen molar-refractivity contribution in [1.29, 1.82) is 0 Å². The first-order valence-electron chi connectivity index (χ1n) is 9.01. The average molecular weight is 360 g/mol. The summed E-state index contributed by atoms with van der Waals surface area (Å²) in [7, 11) is 0. The van der Waals surface area contributed by atoms with Gasteiger partial charge in [-0.1, -0.05) is 30.7 Å². The van der Waals surface area contributed by atoms with Gasteiger partial charge in [0.05, 0.1) is 6.61 Å². The minimum absolute atomic E-state index is 0.0281. The summed E-state index contributed by atoms with van der Waals surface area (Å²) >= 11 is 0. The van der Waals surface area contributed by atoms with Crippen molar-refractivity contribution in [2.45, 2.75) is 39.5 Å². The van der Waals surface area contributed by atoms with Gasteiger partial charge in [0.15, 0.2) is 11.6 Å². The summed E-state index contributed by atoms with van der Waals surface area (Å²) in [6, 6.07) is 7.41. The summed E-state index contributed by atoms with van der Waals surface area (Å²) in [6.07, 6.45) is 4.02. The summed E-state index contributed by atoms with van der Waals surface area (Å²) in [4.78, 5) is 0. The van der Waals surface area contributed by atoms with Crippen LogP contribution >= 0.6 is 0 Å². The van der Waals surface area contributed by atoms with Gasteiger partial charge in [-0.15, -0.1) is 0 Å². The van der Waals surface area contributed by atoms with Gasteiger partial charge in [-0.25, -0.2) is 8.78 Å². The van der Waals surface area contributed by atoms with Crippen molar-refractivity contribution >= 4 is 0 Å². The fourth-order valence-electron chi connectivity index (χ4n) is 3.48. The molecule has 4 heteroatoms. The van der Waals surface area contributed by atoms with Crippen molar-refractivity contribution in [2.75, 3.05) is 6.61 Å². The Morgan fingerprint density at radius 3 is 2.46 bits per heavy atom. The van der Waals surface area contributed by atoms with Gasteiger partial charge in [-0.2, -0.15) is 4.39 Å². The maximum Gasteiger partial charge on any atom is 0.201 e. The number of hydrogen-bond acceptors (Lipinski definition) is 1. The van der Waals surface area contributed by atoms with Crippen LogP contribution in [0.15, 0.2) is 42.0 Å². The molecule has 1 nitrogen and oxygen atoms in total. The fraction of sp³-hybridized carbons (Fsp3) is 0.364. The Morgan fingerprint density at radius 1 is 1.04 bits per heavy atom. The van der Waals surface area contributed by atoms with E-state index in [1.807, 2.05) is 0 Å². The van der Waals surface area contributed by atoms with Gasteiger partial charge in [0.25, 0.3) is 0 Å². The van der Waals surface area contributed by atoms with Crippen LogP contribution in [0.5, 0.6) is 5.75 Å². The van der Waals surface area contributed by atoms with E-state index in [9.17, 15) is 13.2 Å². The van der Waals surface area contributed by atoms with Gasteiger partial charge in [-0.3, -0.25) is 0 Å². The molecule has 0 saturated heterocycles. The molecule has 1 aliphatic rings. The molecule has 2 aromatic rings. The molecule has 1 aliphatic carbocycles. The normalized spacial score (nSPS) is 20.0. The van der Waals surface area contributed by atoms with Crippen LogP contribution in [0, 0.1) is 23.4 Å². The predicted octanol–water partition coefficient (Wildman–Crippen LogP) is 6.63. The van der Waals surface area contributed by atoms with E-state index in [1.54, 1.807) is 19.1 Å². The number of allylic oxidation sites excluding steroid dienone is 2. The largest absolute Gasteiger partial charge is 0.491 e. The lowest BCUT2D eigenvalue weighted by atomic mass is 9.80. The van der Waals surface area contributed by atoms with Crippen molar-refractivity contribution in [3.05, 3.63) is 65.0 Å². The molecule has 0 aliphatic heterocycles. The molecule has 138 valence electrons. The minimum Gasteiger partial charge on any atom is -0.491 e. The van der Waals surface area contributed by atoms with E-state index >= 15 is 0 Å². The first-order chi connectivity index (χ1) is 12.4. The molecule has 2 atom stereocenters. The lowest BCUT2D eigenvalue weighted by Gasteiger charge is -2.25. The van der Waals surface area contributed by atoms with Gasteiger partial charge < -0.3 is 4.74 Å². The lowest BCUT2D eigenvalue weighted by molar-refractivity contribution is 0.314. The SMILES string of the molecule is CCOc1ccc(-c2ccc(C3C=C(C)C(C)CC3)c(F)c2)c(F)c1F. The highest BCUT2D eigenvalue weighted by atomic mass is 19.2. The second-order valence-electron chi connectivity index (χ2n) is 6.90. The number of hydrogen-bond donors (Lipinski definition) is 0. The molecular weight excluding hydrogens is 337 g/mol. The number of ether oxygens (including phenoxy) is 1. The molecule has 0 fully saturated rings. The van der Waals surface area contributed by atoms with Gasteiger partial charge in [0.1, 0.15) is 5.82 Å². The zero-order chi connectivity index (χ0) is 18.8. The van der Waals surface area contributed by atoms with Crippen molar-refractivity contribution in [3.63, 3.8) is 0 Å². The Kier molecular flexibility index (Phi) is 5.40. The average Bonchev–Trinajstić information content (AvgIpc) is 2.62. The van der Waals surface area contributed by atoms with Crippen LogP contribution in [0.25, 0.3) is 11.1 Å². The second kappa shape index (κ2) is 7.56. The van der Waals surface area contributed by atoms with E-state index in [1.165, 1.54) is 23.8 Å². The highest BCUT2D eigenvalue weighted by Gasteiger charge is 2.22. The molecule has 0 bridgehead atoms. The Balaban J connectivity index is 1.95. The van der Waals surface area contributed by atoms with E-state index in [0.29, 0.717) is 17.0 Å².